The summed E-state index contributed by atoms with van der Waals surface area (Å²) < 4.78 is 26.6. The lowest BCUT2D eigenvalue weighted by atomic mass is 9.47. The lowest BCUT2D eigenvalue weighted by Gasteiger charge is -2.63. The number of piperidine rings is 1. The third-order valence-corrected chi connectivity index (χ3v) is 19.3. The standard InChI is InChI=1S/C47H59I2N3O9/c1-8-43(56)22-27-23-46(41(54)59-6,31-17-28-18-34(48)35(49)19-30(28)29(31)11-15-51(24-27)25-43)33-20-32-36(21-37(33)58-5)50(4)39-45(32)13-16-52-14-10-12-44(9-2,38(45)52)40(61-26(3)53)47(39,57)42(55)60-7/h10,12,18-21,27,33,37-40,56-57H,8-9,11,13-17,22-25H2,1-7H3/t27-,33?,37?,38+,39-,40-,43+,44-,45-,46-,47+/m1/s1. The Morgan fingerprint density at radius 3 is 2.36 bits per heavy atom. The van der Waals surface area contributed by atoms with Gasteiger partial charge in [-0.25, -0.2) is 4.79 Å². The van der Waals surface area contributed by atoms with Crippen molar-refractivity contribution in [1.82, 2.24) is 14.7 Å². The van der Waals surface area contributed by atoms with E-state index in [0.29, 0.717) is 64.6 Å². The molecular weight excluding hydrogens is 1000 g/mol. The lowest BCUT2D eigenvalue weighted by molar-refractivity contribution is -0.243. The monoisotopic (exact) mass is 1060 g/mol. The molecule has 3 aliphatic carbocycles. The van der Waals surface area contributed by atoms with Crippen molar-refractivity contribution in [1.29, 1.82) is 0 Å². The van der Waals surface area contributed by atoms with Gasteiger partial charge in [0.15, 0.2) is 6.10 Å². The maximum absolute atomic E-state index is 15.5. The van der Waals surface area contributed by atoms with Crippen LogP contribution in [-0.2, 0) is 39.8 Å². The fraction of sp³-hybridized carbons (Fsp3) is 0.638. The third kappa shape index (κ3) is 5.99. The van der Waals surface area contributed by atoms with Crippen LogP contribution in [0.1, 0.15) is 70.4 Å². The van der Waals surface area contributed by atoms with E-state index in [2.05, 4.69) is 91.4 Å². The van der Waals surface area contributed by atoms with E-state index < -0.39 is 63.6 Å². The van der Waals surface area contributed by atoms with Gasteiger partial charge >= 0.3 is 17.9 Å². The molecule has 9 rings (SSSR count). The number of benzene rings is 1. The number of nitrogens with zero attached hydrogens (tertiary/aromatic N) is 3. The molecule has 14 heteroatoms. The molecule has 12 atom stereocenters. The molecule has 4 fully saturated rings. The number of rotatable bonds is 7. The Morgan fingerprint density at radius 1 is 0.951 bits per heavy atom. The molecule has 2 bridgehead atoms. The number of carbonyl (C=O) groups excluding carboxylic acids is 3. The van der Waals surface area contributed by atoms with Crippen LogP contribution >= 0.6 is 45.2 Å². The van der Waals surface area contributed by atoms with E-state index in [1.807, 2.05) is 25.8 Å². The van der Waals surface area contributed by atoms with E-state index >= 15 is 4.79 Å². The summed E-state index contributed by atoms with van der Waals surface area (Å²) in [6.07, 6.45) is 10.7. The van der Waals surface area contributed by atoms with Crippen LogP contribution in [-0.4, -0.2) is 139 Å². The number of ether oxygens (including phenoxy) is 4. The normalized spacial score (nSPS) is 40.9. The summed E-state index contributed by atoms with van der Waals surface area (Å²) in [5.74, 6) is -2.36. The number of likely N-dealkylation sites (tertiary alicyclic amines) is 1. The van der Waals surface area contributed by atoms with Crippen molar-refractivity contribution >= 4 is 68.7 Å². The first kappa shape index (κ1) is 43.9. The Bertz CT molecular complexity index is 2190. The summed E-state index contributed by atoms with van der Waals surface area (Å²) in [6, 6.07) is 3.37. The molecular formula is C47H59I2N3O9. The molecule has 8 aliphatic rings. The number of hydrogen-bond acceptors (Lipinski definition) is 12. The van der Waals surface area contributed by atoms with Gasteiger partial charge in [-0.05, 0) is 149 Å². The van der Waals surface area contributed by atoms with Crippen molar-refractivity contribution in [2.24, 2.45) is 28.1 Å². The molecule has 12 nitrogen and oxygen atoms in total. The summed E-state index contributed by atoms with van der Waals surface area (Å²) in [5, 5.41) is 25.5. The van der Waals surface area contributed by atoms with Gasteiger partial charge < -0.3 is 34.1 Å². The van der Waals surface area contributed by atoms with Crippen LogP contribution < -0.4 is 0 Å². The van der Waals surface area contributed by atoms with Crippen LogP contribution in [0.5, 0.6) is 0 Å². The number of esters is 3. The number of methoxy groups -OCH3 is 3. The average molecular weight is 1060 g/mol. The predicted octanol–water partition coefficient (Wildman–Crippen LogP) is 5.27. The maximum atomic E-state index is 15.5. The van der Waals surface area contributed by atoms with Gasteiger partial charge in [0.2, 0.25) is 5.60 Å². The predicted molar refractivity (Wildman–Crippen MR) is 245 cm³/mol. The fourth-order valence-corrected chi connectivity index (χ4v) is 15.4. The molecule has 5 heterocycles. The second-order valence-electron chi connectivity index (χ2n) is 19.1. The molecule has 5 aliphatic heterocycles. The number of halogens is 2. The number of likely N-dealkylation sites (N-methyl/N-ethyl adjacent to an activating group) is 1. The Labute approximate surface area is 386 Å². The minimum atomic E-state index is -2.28. The molecule has 0 amide bonds. The van der Waals surface area contributed by atoms with E-state index in [4.69, 9.17) is 18.9 Å². The van der Waals surface area contributed by atoms with Crippen molar-refractivity contribution in [3.05, 3.63) is 71.5 Å². The molecule has 3 saturated heterocycles. The summed E-state index contributed by atoms with van der Waals surface area (Å²) in [6.45, 7) is 8.85. The SMILES string of the molecule is CC[C@]1(O)C[C@H]2CN(CCC3=C(Cc4cc(I)c(I)cc43)[C@@](C(=O)OC)(C3C=C4C(=CC3OC)N(C)[C@H]3[C@@](O)(C(=O)OC)[C@H](OC(C)=O)[C@]5(CC)C=CCN6CC[C@]43[C@@H]65)C2)C1. The third-order valence-electron chi connectivity index (χ3n) is 16.5. The van der Waals surface area contributed by atoms with E-state index in [-0.39, 0.29) is 17.9 Å². The summed E-state index contributed by atoms with van der Waals surface area (Å²) >= 11 is 4.81. The van der Waals surface area contributed by atoms with Crippen molar-refractivity contribution in [3.63, 3.8) is 0 Å². The zero-order valence-corrected chi connectivity index (χ0v) is 40.6. The molecule has 1 spiro atoms. The largest absolute Gasteiger partial charge is 0.468 e. The highest BCUT2D eigenvalue weighted by atomic mass is 127. The van der Waals surface area contributed by atoms with Crippen molar-refractivity contribution in [2.75, 3.05) is 61.1 Å². The van der Waals surface area contributed by atoms with Gasteiger partial charge in [0.1, 0.15) is 0 Å². The van der Waals surface area contributed by atoms with Crippen molar-refractivity contribution in [2.45, 2.75) is 101 Å². The highest BCUT2D eigenvalue weighted by Crippen LogP contribution is 2.71. The van der Waals surface area contributed by atoms with E-state index in [1.165, 1.54) is 37.8 Å². The highest BCUT2D eigenvalue weighted by Gasteiger charge is 2.81. The van der Waals surface area contributed by atoms with Crippen molar-refractivity contribution in [3.8, 4) is 0 Å². The zero-order chi connectivity index (χ0) is 43.6. The second kappa shape index (κ2) is 15.4. The molecule has 61 heavy (non-hydrogen) atoms. The van der Waals surface area contributed by atoms with E-state index in [9.17, 15) is 19.8 Å². The maximum Gasteiger partial charge on any atom is 0.344 e. The molecule has 0 radical (unpaired) electrons. The summed E-state index contributed by atoms with van der Waals surface area (Å²) in [7, 11) is 6.35. The molecule has 1 saturated carbocycles. The molecule has 3 unspecified atom stereocenters. The van der Waals surface area contributed by atoms with Crippen LogP contribution in [0.3, 0.4) is 0 Å². The van der Waals surface area contributed by atoms with E-state index in [1.54, 1.807) is 7.11 Å². The van der Waals surface area contributed by atoms with Crippen LogP contribution in [0.25, 0.3) is 5.57 Å². The highest BCUT2D eigenvalue weighted by molar-refractivity contribution is 14.1. The number of hydrogen-bond donors (Lipinski definition) is 2. The van der Waals surface area contributed by atoms with Crippen LogP contribution in [0.2, 0.25) is 0 Å². The average Bonchev–Trinajstić information content (AvgIpc) is 3.89. The van der Waals surface area contributed by atoms with Gasteiger partial charge in [-0.2, -0.15) is 0 Å². The topological polar surface area (TPSA) is 138 Å². The zero-order valence-electron chi connectivity index (χ0n) is 36.3. The van der Waals surface area contributed by atoms with Gasteiger partial charge in [-0.1, -0.05) is 32.1 Å². The Balaban J connectivity index is 1.32. The number of aliphatic hydroxyl groups is 2. The van der Waals surface area contributed by atoms with Gasteiger partial charge in [0.05, 0.1) is 37.4 Å². The minimum Gasteiger partial charge on any atom is -0.468 e. The second-order valence-corrected chi connectivity index (χ2v) is 21.4. The summed E-state index contributed by atoms with van der Waals surface area (Å²) in [5.41, 5.74) is 0.166. The summed E-state index contributed by atoms with van der Waals surface area (Å²) in [4.78, 5) is 49.9. The van der Waals surface area contributed by atoms with Gasteiger partial charge in [-0.3, -0.25) is 19.4 Å². The molecule has 330 valence electrons. The quantitative estimate of drug-likeness (QED) is 0.160. The minimum absolute atomic E-state index is 0.0335. The van der Waals surface area contributed by atoms with Crippen LogP contribution in [0, 0.1) is 35.2 Å². The first-order chi connectivity index (χ1) is 29.0. The number of allylic oxidation sites excluding steroid dienone is 1. The molecule has 1 aromatic carbocycles. The fourth-order valence-electron chi connectivity index (χ4n) is 14.4. The Hall–Kier alpha value is -2.35. The van der Waals surface area contributed by atoms with Crippen molar-refractivity contribution < 1.29 is 43.5 Å². The first-order valence-corrected chi connectivity index (χ1v) is 24.0. The van der Waals surface area contributed by atoms with Gasteiger partial charge in [0.25, 0.3) is 0 Å². The Kier molecular flexibility index (Phi) is 11.1. The molecule has 2 N–H and O–H groups in total. The van der Waals surface area contributed by atoms with Gasteiger partial charge in [-0.15, -0.1) is 0 Å². The Morgan fingerprint density at radius 2 is 1.69 bits per heavy atom. The number of fused-ring (bicyclic) bond motifs is 5. The molecule has 1 aromatic rings. The molecule has 0 aromatic heterocycles. The first-order valence-electron chi connectivity index (χ1n) is 21.9. The smallest absolute Gasteiger partial charge is 0.344 e. The lowest BCUT2D eigenvalue weighted by Crippen LogP contribution is -2.79. The van der Waals surface area contributed by atoms with Crippen LogP contribution in [0.15, 0.2) is 53.3 Å². The number of carbonyl (C=O) groups is 3. The van der Waals surface area contributed by atoms with Gasteiger partial charge in [0, 0.05) is 82.9 Å². The van der Waals surface area contributed by atoms with Crippen LogP contribution in [0.4, 0.5) is 0 Å². The van der Waals surface area contributed by atoms with E-state index in [0.717, 1.165) is 37.1 Å².